The lowest BCUT2D eigenvalue weighted by Crippen LogP contribution is -2.04. The van der Waals surface area contributed by atoms with Crippen molar-refractivity contribution in [3.63, 3.8) is 0 Å². The summed E-state index contributed by atoms with van der Waals surface area (Å²) in [7, 11) is 3.17. The maximum absolute atomic E-state index is 5.05. The molecule has 0 aliphatic carbocycles. The Kier molecular flexibility index (Phi) is 3.90. The van der Waals surface area contributed by atoms with Crippen LogP contribution in [0.4, 0.5) is 5.95 Å². The molecule has 0 saturated carbocycles. The Labute approximate surface area is 105 Å². The van der Waals surface area contributed by atoms with Gasteiger partial charge in [-0.25, -0.2) is 15.0 Å². The SMILES string of the molecule is COc1cnc(NCc2ccnc(OC)c2)nc1. The average molecular weight is 246 g/mol. The summed E-state index contributed by atoms with van der Waals surface area (Å²) in [5.41, 5.74) is 1.04. The first kappa shape index (κ1) is 12.1. The van der Waals surface area contributed by atoms with E-state index in [2.05, 4.69) is 20.3 Å². The van der Waals surface area contributed by atoms with Crippen molar-refractivity contribution in [2.75, 3.05) is 19.5 Å². The number of rotatable bonds is 5. The standard InChI is InChI=1S/C12H14N4O2/c1-17-10-7-15-12(16-8-10)14-6-9-3-4-13-11(5-9)18-2/h3-5,7-8H,6H2,1-2H3,(H,14,15,16). The highest BCUT2D eigenvalue weighted by Crippen LogP contribution is 2.11. The number of anilines is 1. The Morgan fingerprint density at radius 3 is 2.56 bits per heavy atom. The average Bonchev–Trinajstić information content (AvgIpc) is 2.46. The second kappa shape index (κ2) is 5.81. The molecule has 6 heteroatoms. The quantitative estimate of drug-likeness (QED) is 0.862. The maximum atomic E-state index is 5.05. The molecule has 94 valence electrons. The molecule has 0 aromatic carbocycles. The van der Waals surface area contributed by atoms with Crippen molar-refractivity contribution in [3.8, 4) is 11.6 Å². The molecule has 18 heavy (non-hydrogen) atoms. The minimum absolute atomic E-state index is 0.548. The Balaban J connectivity index is 1.97. The number of aromatic nitrogens is 3. The van der Waals surface area contributed by atoms with Gasteiger partial charge in [0.1, 0.15) is 0 Å². The van der Waals surface area contributed by atoms with Gasteiger partial charge < -0.3 is 14.8 Å². The first-order valence-electron chi connectivity index (χ1n) is 5.40. The Hall–Kier alpha value is -2.37. The summed E-state index contributed by atoms with van der Waals surface area (Å²) in [4.78, 5) is 12.3. The summed E-state index contributed by atoms with van der Waals surface area (Å²) in [6.07, 6.45) is 4.93. The minimum atomic E-state index is 0.548. The summed E-state index contributed by atoms with van der Waals surface area (Å²) < 4.78 is 10.0. The Morgan fingerprint density at radius 2 is 1.89 bits per heavy atom. The second-order valence-corrected chi connectivity index (χ2v) is 3.51. The topological polar surface area (TPSA) is 69.2 Å². The van der Waals surface area contributed by atoms with Crippen LogP contribution in [0, 0.1) is 0 Å². The van der Waals surface area contributed by atoms with Crippen LogP contribution in [0.2, 0.25) is 0 Å². The van der Waals surface area contributed by atoms with E-state index in [9.17, 15) is 0 Å². The number of nitrogens with zero attached hydrogens (tertiary/aromatic N) is 3. The van der Waals surface area contributed by atoms with Crippen LogP contribution in [0.3, 0.4) is 0 Å². The molecule has 2 heterocycles. The Morgan fingerprint density at radius 1 is 1.11 bits per heavy atom. The lowest BCUT2D eigenvalue weighted by molar-refractivity contribution is 0.397. The predicted octanol–water partition coefficient (Wildman–Crippen LogP) is 1.50. The van der Waals surface area contributed by atoms with Gasteiger partial charge in [0.15, 0.2) is 5.75 Å². The smallest absolute Gasteiger partial charge is 0.223 e. The van der Waals surface area contributed by atoms with E-state index in [1.165, 1.54) is 0 Å². The maximum Gasteiger partial charge on any atom is 0.223 e. The van der Waals surface area contributed by atoms with Gasteiger partial charge in [0.2, 0.25) is 11.8 Å². The molecule has 0 saturated heterocycles. The van der Waals surface area contributed by atoms with Gasteiger partial charge in [-0.05, 0) is 11.6 Å². The number of pyridine rings is 1. The number of methoxy groups -OCH3 is 2. The molecule has 1 N–H and O–H groups in total. The third kappa shape index (κ3) is 3.07. The zero-order valence-electron chi connectivity index (χ0n) is 10.3. The van der Waals surface area contributed by atoms with E-state index in [1.807, 2.05) is 12.1 Å². The van der Waals surface area contributed by atoms with E-state index < -0.39 is 0 Å². The first-order chi connectivity index (χ1) is 8.81. The predicted molar refractivity (Wildman–Crippen MR) is 66.7 cm³/mol. The number of hydrogen-bond acceptors (Lipinski definition) is 6. The number of ether oxygens (including phenoxy) is 2. The summed E-state index contributed by atoms with van der Waals surface area (Å²) in [5, 5.41) is 3.10. The Bertz CT molecular complexity index is 502. The third-order valence-electron chi connectivity index (χ3n) is 2.32. The zero-order chi connectivity index (χ0) is 12.8. The minimum Gasteiger partial charge on any atom is -0.494 e. The molecule has 0 spiro atoms. The fourth-order valence-electron chi connectivity index (χ4n) is 1.37. The van der Waals surface area contributed by atoms with Gasteiger partial charge in [-0.15, -0.1) is 0 Å². The number of hydrogen-bond donors (Lipinski definition) is 1. The second-order valence-electron chi connectivity index (χ2n) is 3.51. The van der Waals surface area contributed by atoms with Gasteiger partial charge in [0.05, 0.1) is 26.6 Å². The van der Waals surface area contributed by atoms with E-state index in [1.54, 1.807) is 32.8 Å². The molecule has 0 fully saturated rings. The summed E-state index contributed by atoms with van der Waals surface area (Å²) >= 11 is 0. The molecule has 0 aliphatic heterocycles. The monoisotopic (exact) mass is 246 g/mol. The number of nitrogens with one attached hydrogen (secondary N) is 1. The van der Waals surface area contributed by atoms with Crippen molar-refractivity contribution in [2.45, 2.75) is 6.54 Å². The van der Waals surface area contributed by atoms with E-state index in [-0.39, 0.29) is 0 Å². The molecular weight excluding hydrogens is 232 g/mol. The molecule has 6 nitrogen and oxygen atoms in total. The fraction of sp³-hybridized carbons (Fsp3) is 0.250. The molecule has 2 aromatic heterocycles. The van der Waals surface area contributed by atoms with Crippen molar-refractivity contribution in [1.82, 2.24) is 15.0 Å². The van der Waals surface area contributed by atoms with Gasteiger partial charge in [-0.2, -0.15) is 0 Å². The van der Waals surface area contributed by atoms with E-state index in [0.717, 1.165) is 5.56 Å². The molecule has 0 atom stereocenters. The normalized spacial score (nSPS) is 9.89. The highest BCUT2D eigenvalue weighted by atomic mass is 16.5. The molecule has 0 amide bonds. The van der Waals surface area contributed by atoms with Crippen LogP contribution < -0.4 is 14.8 Å². The molecule has 2 aromatic rings. The highest BCUT2D eigenvalue weighted by Gasteiger charge is 1.99. The first-order valence-corrected chi connectivity index (χ1v) is 5.40. The van der Waals surface area contributed by atoms with Gasteiger partial charge in [-0.3, -0.25) is 0 Å². The molecule has 0 bridgehead atoms. The van der Waals surface area contributed by atoms with Crippen LogP contribution in [-0.2, 0) is 6.54 Å². The van der Waals surface area contributed by atoms with Crippen LogP contribution in [0.5, 0.6) is 11.6 Å². The van der Waals surface area contributed by atoms with Crippen LogP contribution in [0.15, 0.2) is 30.7 Å². The third-order valence-corrected chi connectivity index (χ3v) is 2.32. The van der Waals surface area contributed by atoms with Crippen LogP contribution >= 0.6 is 0 Å². The van der Waals surface area contributed by atoms with Crippen LogP contribution in [-0.4, -0.2) is 29.2 Å². The van der Waals surface area contributed by atoms with Gasteiger partial charge in [0, 0.05) is 18.8 Å². The van der Waals surface area contributed by atoms with Crippen LogP contribution in [0.25, 0.3) is 0 Å². The van der Waals surface area contributed by atoms with Crippen molar-refractivity contribution >= 4 is 5.95 Å². The lowest BCUT2D eigenvalue weighted by Gasteiger charge is -2.06. The van der Waals surface area contributed by atoms with Crippen molar-refractivity contribution in [2.24, 2.45) is 0 Å². The zero-order valence-corrected chi connectivity index (χ0v) is 10.3. The van der Waals surface area contributed by atoms with Gasteiger partial charge in [-0.1, -0.05) is 0 Å². The van der Waals surface area contributed by atoms with Gasteiger partial charge in [0.25, 0.3) is 0 Å². The molecule has 0 unspecified atom stereocenters. The van der Waals surface area contributed by atoms with Crippen molar-refractivity contribution in [3.05, 3.63) is 36.3 Å². The molecule has 0 aliphatic rings. The van der Waals surface area contributed by atoms with E-state index in [0.29, 0.717) is 24.1 Å². The fourth-order valence-corrected chi connectivity index (χ4v) is 1.37. The van der Waals surface area contributed by atoms with Gasteiger partial charge >= 0.3 is 0 Å². The van der Waals surface area contributed by atoms with E-state index >= 15 is 0 Å². The summed E-state index contributed by atoms with van der Waals surface area (Å²) in [6, 6.07) is 3.76. The summed E-state index contributed by atoms with van der Waals surface area (Å²) in [5.74, 6) is 1.77. The van der Waals surface area contributed by atoms with E-state index in [4.69, 9.17) is 9.47 Å². The molecule has 2 rings (SSSR count). The largest absolute Gasteiger partial charge is 0.494 e. The highest BCUT2D eigenvalue weighted by molar-refractivity contribution is 5.30. The summed E-state index contributed by atoms with van der Waals surface area (Å²) in [6.45, 7) is 0.602. The lowest BCUT2D eigenvalue weighted by atomic mass is 10.2. The van der Waals surface area contributed by atoms with Crippen molar-refractivity contribution in [1.29, 1.82) is 0 Å². The van der Waals surface area contributed by atoms with Crippen LogP contribution in [0.1, 0.15) is 5.56 Å². The molecule has 0 radical (unpaired) electrons. The van der Waals surface area contributed by atoms with Crippen molar-refractivity contribution < 1.29 is 9.47 Å². The molecular formula is C12H14N4O2.